The summed E-state index contributed by atoms with van der Waals surface area (Å²) in [6, 6.07) is 5.50. The van der Waals surface area contributed by atoms with Crippen LogP contribution in [0.1, 0.15) is 30.1 Å². The predicted octanol–water partition coefficient (Wildman–Crippen LogP) is 3.35. The lowest BCUT2D eigenvalue weighted by Gasteiger charge is -2.13. The second kappa shape index (κ2) is 5.64. The molecule has 1 aliphatic rings. The summed E-state index contributed by atoms with van der Waals surface area (Å²) >= 11 is 3.44. The molecule has 0 saturated heterocycles. The molecule has 1 aliphatic carbocycles. The molecule has 1 fully saturated rings. The Balaban J connectivity index is 2.20. The van der Waals surface area contributed by atoms with Crippen molar-refractivity contribution in [2.24, 2.45) is 5.92 Å². The molecule has 0 atom stereocenters. The van der Waals surface area contributed by atoms with E-state index in [4.69, 9.17) is 4.74 Å². The van der Waals surface area contributed by atoms with E-state index in [1.165, 1.54) is 12.8 Å². The number of hydrogen-bond donors (Lipinski definition) is 0. The maximum Gasteiger partial charge on any atom is 0.343 e. The van der Waals surface area contributed by atoms with Gasteiger partial charge < -0.3 is 9.30 Å². The average molecular weight is 350 g/mol. The highest BCUT2D eigenvalue weighted by Gasteiger charge is 2.24. The smallest absolute Gasteiger partial charge is 0.343 e. The number of hydrogen-bond acceptors (Lipinski definition) is 3. The first-order valence-corrected chi connectivity index (χ1v) is 7.89. The van der Waals surface area contributed by atoms with E-state index in [9.17, 15) is 9.59 Å². The molecule has 0 spiro atoms. The Hall–Kier alpha value is -1.62. The Morgan fingerprint density at radius 2 is 2.19 bits per heavy atom. The van der Waals surface area contributed by atoms with Crippen molar-refractivity contribution < 1.29 is 9.53 Å². The van der Waals surface area contributed by atoms with Crippen molar-refractivity contribution in [3.05, 3.63) is 44.7 Å². The van der Waals surface area contributed by atoms with Gasteiger partial charge in [-0.25, -0.2) is 4.79 Å². The van der Waals surface area contributed by atoms with Crippen molar-refractivity contribution in [1.29, 1.82) is 0 Å². The molecule has 1 aromatic carbocycles. The number of carbonyl (C=O) groups excluding carboxylic acids is 1. The van der Waals surface area contributed by atoms with Crippen LogP contribution >= 0.6 is 15.9 Å². The minimum absolute atomic E-state index is 0.118. The number of rotatable bonds is 4. The number of halogens is 1. The predicted molar refractivity (Wildman–Crippen MR) is 84.6 cm³/mol. The molecule has 21 heavy (non-hydrogen) atoms. The number of ether oxygens (including phenoxy) is 1. The molecule has 2 aromatic rings. The lowest BCUT2D eigenvalue weighted by molar-refractivity contribution is 0.0524. The molecular weight excluding hydrogens is 334 g/mol. The lowest BCUT2D eigenvalue weighted by Crippen LogP contribution is -2.21. The fourth-order valence-corrected chi connectivity index (χ4v) is 2.80. The molecule has 110 valence electrons. The summed E-state index contributed by atoms with van der Waals surface area (Å²) in [6.07, 6.45) is 4.06. The van der Waals surface area contributed by atoms with E-state index in [2.05, 4.69) is 15.9 Å². The van der Waals surface area contributed by atoms with Gasteiger partial charge in [-0.3, -0.25) is 4.79 Å². The SMILES string of the molecule is CCOC(=O)c1cn(CC2CC2)c2cc(Br)ccc2c1=O. The third kappa shape index (κ3) is 2.88. The van der Waals surface area contributed by atoms with Crippen LogP contribution in [-0.2, 0) is 11.3 Å². The van der Waals surface area contributed by atoms with Crippen molar-refractivity contribution in [3.63, 3.8) is 0 Å². The molecule has 0 radical (unpaired) electrons. The van der Waals surface area contributed by atoms with Crippen LogP contribution in [0, 0.1) is 5.92 Å². The first kappa shape index (κ1) is 14.3. The van der Waals surface area contributed by atoms with E-state index in [-0.39, 0.29) is 17.6 Å². The summed E-state index contributed by atoms with van der Waals surface area (Å²) < 4.78 is 7.92. The summed E-state index contributed by atoms with van der Waals surface area (Å²) in [4.78, 5) is 24.5. The van der Waals surface area contributed by atoms with E-state index in [1.807, 2.05) is 16.7 Å². The van der Waals surface area contributed by atoms with Crippen molar-refractivity contribution in [2.75, 3.05) is 6.61 Å². The molecule has 1 saturated carbocycles. The zero-order valence-corrected chi connectivity index (χ0v) is 13.4. The number of carbonyl (C=O) groups is 1. The van der Waals surface area contributed by atoms with E-state index in [1.54, 1.807) is 19.2 Å². The average Bonchev–Trinajstić information content (AvgIpc) is 3.26. The number of esters is 1. The highest BCUT2D eigenvalue weighted by molar-refractivity contribution is 9.10. The maximum atomic E-state index is 12.5. The number of fused-ring (bicyclic) bond motifs is 1. The van der Waals surface area contributed by atoms with Crippen LogP contribution in [0.3, 0.4) is 0 Å². The molecule has 4 nitrogen and oxygen atoms in total. The molecule has 0 bridgehead atoms. The fraction of sp³-hybridized carbons (Fsp3) is 0.375. The minimum atomic E-state index is -0.545. The van der Waals surface area contributed by atoms with Gasteiger partial charge in [-0.2, -0.15) is 0 Å². The lowest BCUT2D eigenvalue weighted by atomic mass is 10.1. The van der Waals surface area contributed by atoms with Crippen LogP contribution in [0.15, 0.2) is 33.7 Å². The van der Waals surface area contributed by atoms with Gasteiger partial charge in [0.15, 0.2) is 0 Å². The van der Waals surface area contributed by atoms with Gasteiger partial charge in [0.1, 0.15) is 5.56 Å². The molecule has 0 amide bonds. The highest BCUT2D eigenvalue weighted by Crippen LogP contribution is 2.32. The van der Waals surface area contributed by atoms with Gasteiger partial charge >= 0.3 is 5.97 Å². The zero-order chi connectivity index (χ0) is 15.0. The largest absolute Gasteiger partial charge is 0.462 e. The Morgan fingerprint density at radius 3 is 2.86 bits per heavy atom. The normalized spacial score (nSPS) is 14.4. The molecule has 0 N–H and O–H groups in total. The number of benzene rings is 1. The third-order valence-electron chi connectivity index (χ3n) is 3.69. The van der Waals surface area contributed by atoms with E-state index in [0.29, 0.717) is 11.3 Å². The van der Waals surface area contributed by atoms with Crippen LogP contribution in [0.4, 0.5) is 0 Å². The molecule has 3 rings (SSSR count). The quantitative estimate of drug-likeness (QED) is 0.795. The van der Waals surface area contributed by atoms with Crippen LogP contribution in [0.25, 0.3) is 10.9 Å². The van der Waals surface area contributed by atoms with Gasteiger partial charge in [0.2, 0.25) is 5.43 Å². The van der Waals surface area contributed by atoms with Crippen molar-refractivity contribution >= 4 is 32.8 Å². The van der Waals surface area contributed by atoms with Crippen LogP contribution in [-0.4, -0.2) is 17.1 Å². The Kier molecular flexibility index (Phi) is 3.85. The molecule has 1 aromatic heterocycles. The summed E-state index contributed by atoms with van der Waals surface area (Å²) in [7, 11) is 0. The van der Waals surface area contributed by atoms with Crippen LogP contribution in [0.2, 0.25) is 0 Å². The monoisotopic (exact) mass is 349 g/mol. The topological polar surface area (TPSA) is 48.3 Å². The summed E-state index contributed by atoms with van der Waals surface area (Å²) in [6.45, 7) is 2.83. The molecule has 1 heterocycles. The second-order valence-corrected chi connectivity index (χ2v) is 6.27. The second-order valence-electron chi connectivity index (χ2n) is 5.35. The van der Waals surface area contributed by atoms with Crippen molar-refractivity contribution in [3.8, 4) is 0 Å². The fourth-order valence-electron chi connectivity index (χ4n) is 2.45. The standard InChI is InChI=1S/C16H16BrNO3/c1-2-21-16(20)13-9-18(8-10-3-4-10)14-7-11(17)5-6-12(14)15(13)19/h5-7,9-10H,2-4,8H2,1H3. The Morgan fingerprint density at radius 1 is 1.43 bits per heavy atom. The number of nitrogens with zero attached hydrogens (tertiary/aromatic N) is 1. The first-order chi connectivity index (χ1) is 10.1. The van der Waals surface area contributed by atoms with Gasteiger partial charge in [0, 0.05) is 22.6 Å². The summed E-state index contributed by atoms with van der Waals surface area (Å²) in [5.41, 5.74) is 0.713. The summed E-state index contributed by atoms with van der Waals surface area (Å²) in [5, 5.41) is 0.560. The van der Waals surface area contributed by atoms with E-state index < -0.39 is 5.97 Å². The maximum absolute atomic E-state index is 12.5. The van der Waals surface area contributed by atoms with Crippen LogP contribution in [0.5, 0.6) is 0 Å². The van der Waals surface area contributed by atoms with Crippen LogP contribution < -0.4 is 5.43 Å². The highest BCUT2D eigenvalue weighted by atomic mass is 79.9. The van der Waals surface area contributed by atoms with Gasteiger partial charge in [-0.1, -0.05) is 15.9 Å². The van der Waals surface area contributed by atoms with Gasteiger partial charge in [0.05, 0.1) is 12.1 Å². The minimum Gasteiger partial charge on any atom is -0.462 e. The molecule has 5 heteroatoms. The molecular formula is C16H16BrNO3. The molecule has 0 aliphatic heterocycles. The zero-order valence-electron chi connectivity index (χ0n) is 11.8. The van der Waals surface area contributed by atoms with Gasteiger partial charge in [-0.05, 0) is 43.9 Å². The Bertz CT molecular complexity index is 762. The number of pyridine rings is 1. The van der Waals surface area contributed by atoms with E-state index >= 15 is 0 Å². The first-order valence-electron chi connectivity index (χ1n) is 7.10. The van der Waals surface area contributed by atoms with Crippen molar-refractivity contribution in [1.82, 2.24) is 4.57 Å². The summed E-state index contributed by atoms with van der Waals surface area (Å²) in [5.74, 6) is 0.0987. The van der Waals surface area contributed by atoms with Gasteiger partial charge in [-0.15, -0.1) is 0 Å². The van der Waals surface area contributed by atoms with Crippen molar-refractivity contribution in [2.45, 2.75) is 26.3 Å². The van der Waals surface area contributed by atoms with E-state index in [0.717, 1.165) is 16.5 Å². The number of aromatic nitrogens is 1. The Labute approximate surface area is 130 Å². The van der Waals surface area contributed by atoms with Gasteiger partial charge in [0.25, 0.3) is 0 Å². The third-order valence-corrected chi connectivity index (χ3v) is 4.18. The molecule has 0 unspecified atom stereocenters.